The first kappa shape index (κ1) is 25.4. The molecule has 0 amide bonds. The van der Waals surface area contributed by atoms with E-state index in [-0.39, 0.29) is 0 Å². The number of hydrogen-bond acceptors (Lipinski definition) is 3. The average molecular weight is 399 g/mol. The molecule has 28 heavy (non-hydrogen) atoms. The quantitative estimate of drug-likeness (QED) is 0.292. The molecule has 1 fully saturated rings. The Labute approximate surface area is 174 Å². The van der Waals surface area contributed by atoms with Crippen molar-refractivity contribution in [1.29, 1.82) is 0 Å². The monoisotopic (exact) mass is 398 g/mol. The van der Waals surface area contributed by atoms with Gasteiger partial charge in [-0.05, 0) is 20.3 Å². The Bertz CT molecular complexity index is 391. The molecule has 4 nitrogen and oxygen atoms in total. The van der Waals surface area contributed by atoms with Gasteiger partial charge in [-0.25, -0.2) is 4.79 Å². The van der Waals surface area contributed by atoms with E-state index >= 15 is 0 Å². The molecule has 1 aliphatic heterocycles. The van der Waals surface area contributed by atoms with E-state index < -0.39 is 17.7 Å². The van der Waals surface area contributed by atoms with Crippen molar-refractivity contribution in [2.45, 2.75) is 129 Å². The first-order valence-corrected chi connectivity index (χ1v) is 12.2. The molecule has 0 aliphatic carbocycles. The molecule has 1 saturated heterocycles. The number of ether oxygens (including phenoxy) is 1. The number of hydrogen-bond donors (Lipinski definition) is 2. The second-order valence-electron chi connectivity index (χ2n) is 9.36. The molecular weight excluding hydrogens is 350 g/mol. The third-order valence-corrected chi connectivity index (χ3v) is 6.39. The molecule has 1 heterocycles. The zero-order valence-corrected chi connectivity index (χ0v) is 19.0. The van der Waals surface area contributed by atoms with Gasteiger partial charge >= 0.3 is 5.97 Å². The Kier molecular flexibility index (Phi) is 13.9. The van der Waals surface area contributed by atoms with Gasteiger partial charge in [0.2, 0.25) is 0 Å². The summed E-state index contributed by atoms with van der Waals surface area (Å²) >= 11 is 0. The molecule has 166 valence electrons. The smallest absolute Gasteiger partial charge is 0.335 e. The van der Waals surface area contributed by atoms with Crippen molar-refractivity contribution >= 4 is 5.97 Å². The fraction of sp³-hybridized carbons (Fsp3) is 0.958. The number of esters is 1. The van der Waals surface area contributed by atoms with Gasteiger partial charge in [-0.1, -0.05) is 84.0 Å². The van der Waals surface area contributed by atoms with Crippen molar-refractivity contribution in [3.63, 3.8) is 0 Å². The molecule has 0 aromatic rings. The van der Waals surface area contributed by atoms with E-state index in [1.54, 1.807) is 0 Å². The highest BCUT2D eigenvalue weighted by Gasteiger charge is 2.36. The van der Waals surface area contributed by atoms with Gasteiger partial charge in [0.25, 0.3) is 0 Å². The van der Waals surface area contributed by atoms with E-state index in [9.17, 15) is 9.90 Å². The minimum Gasteiger partial charge on any atom is -0.457 e. The summed E-state index contributed by atoms with van der Waals surface area (Å²) in [5.41, 5.74) is -0.469. The van der Waals surface area contributed by atoms with Crippen LogP contribution >= 0.6 is 0 Å². The number of piperidine rings is 1. The highest BCUT2D eigenvalue weighted by atomic mass is 16.6. The summed E-state index contributed by atoms with van der Waals surface area (Å²) in [5, 5.41) is 12.5. The van der Waals surface area contributed by atoms with Crippen molar-refractivity contribution in [1.82, 2.24) is 0 Å². The Hall–Kier alpha value is -0.610. The molecule has 1 aliphatic rings. The van der Waals surface area contributed by atoms with Crippen molar-refractivity contribution in [3.8, 4) is 0 Å². The van der Waals surface area contributed by atoms with Crippen LogP contribution in [0.25, 0.3) is 0 Å². The van der Waals surface area contributed by atoms with Gasteiger partial charge in [0.1, 0.15) is 5.60 Å². The van der Waals surface area contributed by atoms with E-state index in [1.807, 2.05) is 13.8 Å². The van der Waals surface area contributed by atoms with Crippen LogP contribution in [-0.4, -0.2) is 35.9 Å². The summed E-state index contributed by atoms with van der Waals surface area (Å²) in [4.78, 5) is 12.3. The van der Waals surface area contributed by atoms with Crippen LogP contribution in [0, 0.1) is 5.92 Å². The zero-order chi connectivity index (χ0) is 20.7. The molecule has 1 atom stereocenters. The van der Waals surface area contributed by atoms with Gasteiger partial charge in [-0.15, -0.1) is 0 Å². The Morgan fingerprint density at radius 3 is 1.89 bits per heavy atom. The van der Waals surface area contributed by atoms with E-state index in [0.717, 1.165) is 38.8 Å². The molecule has 0 saturated carbocycles. The lowest BCUT2D eigenvalue weighted by Gasteiger charge is -2.36. The number of carbonyl (C=O) groups excluding carboxylic acids is 1. The van der Waals surface area contributed by atoms with Crippen LogP contribution in [0.1, 0.15) is 117 Å². The van der Waals surface area contributed by atoms with Crippen molar-refractivity contribution in [2.24, 2.45) is 5.92 Å². The Morgan fingerprint density at radius 1 is 0.929 bits per heavy atom. The maximum Gasteiger partial charge on any atom is 0.335 e. The van der Waals surface area contributed by atoms with Gasteiger partial charge in [-0.2, -0.15) is 0 Å². The molecular formula is C24H48NO3+. The van der Waals surface area contributed by atoms with E-state index in [2.05, 4.69) is 12.2 Å². The lowest BCUT2D eigenvalue weighted by atomic mass is 9.83. The van der Waals surface area contributed by atoms with E-state index in [0.29, 0.717) is 12.3 Å². The van der Waals surface area contributed by atoms with Gasteiger partial charge in [0.15, 0.2) is 6.10 Å². The number of rotatable bonds is 16. The first-order chi connectivity index (χ1) is 13.5. The van der Waals surface area contributed by atoms with Crippen LogP contribution in [0.4, 0.5) is 0 Å². The molecule has 0 aromatic carbocycles. The second-order valence-corrected chi connectivity index (χ2v) is 9.36. The molecule has 0 aromatic heterocycles. The first-order valence-electron chi connectivity index (χ1n) is 12.2. The van der Waals surface area contributed by atoms with Gasteiger partial charge in [0.05, 0.1) is 13.1 Å². The van der Waals surface area contributed by atoms with Crippen LogP contribution in [0.3, 0.4) is 0 Å². The fourth-order valence-electron chi connectivity index (χ4n) is 4.33. The highest BCUT2D eigenvalue weighted by Crippen LogP contribution is 2.28. The number of quaternary nitrogens is 1. The van der Waals surface area contributed by atoms with E-state index in [4.69, 9.17) is 4.74 Å². The number of aliphatic hydroxyl groups is 1. The predicted octanol–water partition coefficient (Wildman–Crippen LogP) is 4.73. The minimum atomic E-state index is -0.961. The summed E-state index contributed by atoms with van der Waals surface area (Å²) in [6, 6.07) is 0. The summed E-state index contributed by atoms with van der Waals surface area (Å²) in [6.07, 6.45) is 17.2. The van der Waals surface area contributed by atoms with Crippen molar-refractivity contribution in [3.05, 3.63) is 0 Å². The standard InChI is InChI=1S/C24H47NO3/c1-4-5-6-7-8-9-10-11-12-13-14-15-16-22(26)23(27)28-24(2,3)21-17-19-25-20-18-21/h21-22,25-26H,4-20H2,1-3H3/p+1. The third kappa shape index (κ3) is 11.4. The number of carbonyl (C=O) groups is 1. The average Bonchev–Trinajstić information content (AvgIpc) is 2.69. The molecule has 3 N–H and O–H groups in total. The Morgan fingerprint density at radius 2 is 1.39 bits per heavy atom. The number of nitrogens with two attached hydrogens (primary N) is 1. The van der Waals surface area contributed by atoms with Crippen LogP contribution in [0.15, 0.2) is 0 Å². The largest absolute Gasteiger partial charge is 0.457 e. The second kappa shape index (κ2) is 15.3. The number of unbranched alkanes of at least 4 members (excludes halogenated alkanes) is 11. The van der Waals surface area contributed by atoms with Crippen LogP contribution in [0.2, 0.25) is 0 Å². The third-order valence-electron chi connectivity index (χ3n) is 6.39. The van der Waals surface area contributed by atoms with Crippen LogP contribution in [0.5, 0.6) is 0 Å². The topological polar surface area (TPSA) is 63.1 Å². The summed E-state index contributed by atoms with van der Waals surface area (Å²) in [7, 11) is 0. The molecule has 4 heteroatoms. The molecule has 0 bridgehead atoms. The summed E-state index contributed by atoms with van der Waals surface area (Å²) in [6.45, 7) is 8.47. The highest BCUT2D eigenvalue weighted by molar-refractivity contribution is 5.74. The molecule has 0 spiro atoms. The molecule has 1 rings (SSSR count). The van der Waals surface area contributed by atoms with Gasteiger partial charge in [-0.3, -0.25) is 0 Å². The minimum absolute atomic E-state index is 0.403. The molecule has 1 unspecified atom stereocenters. The normalized spacial score (nSPS) is 16.9. The SMILES string of the molecule is CCCCCCCCCCCCCCC(O)C(=O)OC(C)(C)C1CC[NH2+]CC1. The van der Waals surface area contributed by atoms with Crippen LogP contribution in [-0.2, 0) is 9.53 Å². The summed E-state index contributed by atoms with van der Waals surface area (Å²) in [5.74, 6) is -0.0251. The summed E-state index contributed by atoms with van der Waals surface area (Å²) < 4.78 is 5.69. The fourth-order valence-corrected chi connectivity index (χ4v) is 4.33. The Balaban J connectivity index is 2.00. The molecule has 0 radical (unpaired) electrons. The lowest BCUT2D eigenvalue weighted by Crippen LogP contribution is -2.86. The van der Waals surface area contributed by atoms with E-state index in [1.165, 1.54) is 64.2 Å². The lowest BCUT2D eigenvalue weighted by molar-refractivity contribution is -0.665. The van der Waals surface area contributed by atoms with Crippen LogP contribution < -0.4 is 5.32 Å². The maximum atomic E-state index is 12.3. The van der Waals surface area contributed by atoms with Crippen molar-refractivity contribution in [2.75, 3.05) is 13.1 Å². The maximum absolute atomic E-state index is 12.3. The zero-order valence-electron chi connectivity index (χ0n) is 19.0. The van der Waals surface area contributed by atoms with Gasteiger partial charge < -0.3 is 15.2 Å². The van der Waals surface area contributed by atoms with Gasteiger partial charge in [0, 0.05) is 18.8 Å². The predicted molar refractivity (Wildman–Crippen MR) is 116 cm³/mol. The van der Waals surface area contributed by atoms with Crippen molar-refractivity contribution < 1.29 is 20.0 Å². The number of aliphatic hydroxyl groups excluding tert-OH is 1.